The molecule has 3 aromatic rings. The zero-order valence-electron chi connectivity index (χ0n) is 18.5. The van der Waals surface area contributed by atoms with E-state index in [4.69, 9.17) is 0 Å². The molecule has 160 valence electrons. The van der Waals surface area contributed by atoms with Gasteiger partial charge in [-0.2, -0.15) is 5.10 Å². The minimum Gasteiger partial charge on any atom is -0.247 e. The van der Waals surface area contributed by atoms with Crippen molar-refractivity contribution < 1.29 is 4.39 Å². The fourth-order valence-corrected chi connectivity index (χ4v) is 3.65. The van der Waals surface area contributed by atoms with E-state index in [0.717, 1.165) is 47.2 Å². The number of nitrogens with zero attached hydrogens (tertiary/aromatic N) is 2. The van der Waals surface area contributed by atoms with Crippen molar-refractivity contribution in [2.45, 2.75) is 52.1 Å². The summed E-state index contributed by atoms with van der Waals surface area (Å²) in [6.07, 6.45) is 5.08. The van der Waals surface area contributed by atoms with E-state index in [1.54, 1.807) is 0 Å². The highest BCUT2D eigenvalue weighted by atomic mass is 19.1. The third-order valence-electron chi connectivity index (χ3n) is 5.26. The van der Waals surface area contributed by atoms with E-state index < -0.39 is 6.17 Å². The molecule has 1 unspecified atom stereocenters. The Morgan fingerprint density at radius 2 is 1.52 bits per heavy atom. The summed E-state index contributed by atoms with van der Waals surface area (Å²) in [7, 11) is 0. The molecule has 0 aliphatic rings. The zero-order chi connectivity index (χ0) is 21.9. The Hall–Kier alpha value is -3.07. The summed E-state index contributed by atoms with van der Waals surface area (Å²) in [5, 5.41) is 9.03. The standard InChI is InChI=1S/C28H31FN2/c1-3-10-23-12-8-9-15-26(23)21-30-31-28(24-13-6-5-7-14-24)25-18-16-22(17-19-25)20-27(29)11-4-2/h5-9,12-19,21,27H,3-4,10-11,20H2,1-2H3. The third kappa shape index (κ3) is 6.71. The Kier molecular flexibility index (Phi) is 8.71. The largest absolute Gasteiger partial charge is 0.247 e. The van der Waals surface area contributed by atoms with Crippen molar-refractivity contribution in [1.82, 2.24) is 0 Å². The van der Waals surface area contributed by atoms with E-state index in [0.29, 0.717) is 12.8 Å². The topological polar surface area (TPSA) is 24.7 Å². The van der Waals surface area contributed by atoms with Crippen LogP contribution in [0.15, 0.2) is 89.1 Å². The van der Waals surface area contributed by atoms with E-state index in [1.165, 1.54) is 5.56 Å². The highest BCUT2D eigenvalue weighted by molar-refractivity contribution is 6.13. The zero-order valence-corrected chi connectivity index (χ0v) is 18.5. The van der Waals surface area contributed by atoms with E-state index >= 15 is 0 Å². The van der Waals surface area contributed by atoms with E-state index in [9.17, 15) is 4.39 Å². The maximum atomic E-state index is 14.0. The highest BCUT2D eigenvalue weighted by Gasteiger charge is 2.10. The molecule has 0 N–H and O–H groups in total. The summed E-state index contributed by atoms with van der Waals surface area (Å²) < 4.78 is 14.0. The van der Waals surface area contributed by atoms with Crippen molar-refractivity contribution in [1.29, 1.82) is 0 Å². The lowest BCUT2D eigenvalue weighted by atomic mass is 9.99. The molecule has 0 heterocycles. The van der Waals surface area contributed by atoms with E-state index in [2.05, 4.69) is 35.3 Å². The van der Waals surface area contributed by atoms with Gasteiger partial charge in [-0.15, -0.1) is 5.10 Å². The predicted molar refractivity (Wildman–Crippen MR) is 130 cm³/mol. The second kappa shape index (κ2) is 11.9. The fraction of sp³-hybridized carbons (Fsp3) is 0.286. The predicted octanol–water partition coefficient (Wildman–Crippen LogP) is 7.19. The molecule has 0 fully saturated rings. The first-order valence-electron chi connectivity index (χ1n) is 11.2. The maximum Gasteiger partial charge on any atom is 0.104 e. The van der Waals surface area contributed by atoms with Crippen molar-refractivity contribution in [3.63, 3.8) is 0 Å². The first-order valence-corrected chi connectivity index (χ1v) is 11.2. The number of aryl methyl sites for hydroxylation is 1. The maximum absolute atomic E-state index is 14.0. The molecule has 0 radical (unpaired) electrons. The van der Waals surface area contributed by atoms with Crippen molar-refractivity contribution >= 4 is 11.9 Å². The minimum atomic E-state index is -0.786. The summed E-state index contributed by atoms with van der Waals surface area (Å²) in [6.45, 7) is 4.19. The number of rotatable bonds is 10. The van der Waals surface area contributed by atoms with Crippen LogP contribution in [0.25, 0.3) is 0 Å². The van der Waals surface area contributed by atoms with Crippen molar-refractivity contribution in [3.8, 4) is 0 Å². The van der Waals surface area contributed by atoms with Gasteiger partial charge in [-0.25, -0.2) is 4.39 Å². The molecule has 0 saturated heterocycles. The summed E-state index contributed by atoms with van der Waals surface area (Å²) >= 11 is 0. The van der Waals surface area contributed by atoms with Crippen LogP contribution in [-0.2, 0) is 12.8 Å². The van der Waals surface area contributed by atoms with Gasteiger partial charge in [0.15, 0.2) is 0 Å². The lowest BCUT2D eigenvalue weighted by Crippen LogP contribution is -2.06. The van der Waals surface area contributed by atoms with Crippen LogP contribution in [0.3, 0.4) is 0 Å². The summed E-state index contributed by atoms with van der Waals surface area (Å²) in [5.74, 6) is 0. The second-order valence-corrected chi connectivity index (χ2v) is 7.80. The summed E-state index contributed by atoms with van der Waals surface area (Å²) in [6, 6.07) is 26.4. The van der Waals surface area contributed by atoms with Crippen molar-refractivity contribution in [3.05, 3.63) is 107 Å². The van der Waals surface area contributed by atoms with Crippen LogP contribution in [0, 0.1) is 0 Å². The molecule has 0 aromatic heterocycles. The quantitative estimate of drug-likeness (QED) is 0.248. The van der Waals surface area contributed by atoms with Gasteiger partial charge in [0.25, 0.3) is 0 Å². The summed E-state index contributed by atoms with van der Waals surface area (Å²) in [5.41, 5.74) is 6.17. The monoisotopic (exact) mass is 414 g/mol. The van der Waals surface area contributed by atoms with Gasteiger partial charge in [0.05, 0.1) is 6.21 Å². The summed E-state index contributed by atoms with van der Waals surface area (Å²) in [4.78, 5) is 0. The normalized spacial score (nSPS) is 12.9. The molecule has 3 rings (SSSR count). The number of halogens is 1. The van der Waals surface area contributed by atoms with Crippen LogP contribution in [0.5, 0.6) is 0 Å². The van der Waals surface area contributed by atoms with Gasteiger partial charge in [-0.3, -0.25) is 0 Å². The molecule has 0 amide bonds. The first-order chi connectivity index (χ1) is 15.2. The lowest BCUT2D eigenvalue weighted by Gasteiger charge is -2.09. The number of alkyl halides is 1. The molecule has 31 heavy (non-hydrogen) atoms. The fourth-order valence-electron chi connectivity index (χ4n) is 3.65. The minimum absolute atomic E-state index is 0.457. The van der Waals surface area contributed by atoms with Crippen molar-refractivity contribution in [2.75, 3.05) is 0 Å². The Morgan fingerprint density at radius 3 is 2.23 bits per heavy atom. The van der Waals surface area contributed by atoms with Crippen LogP contribution in [-0.4, -0.2) is 18.1 Å². The van der Waals surface area contributed by atoms with E-state index in [1.807, 2.05) is 73.8 Å². The Bertz CT molecular complexity index is 991. The molecule has 2 nitrogen and oxygen atoms in total. The van der Waals surface area contributed by atoms with Crippen LogP contribution in [0.1, 0.15) is 60.9 Å². The Balaban J connectivity index is 1.88. The molecule has 0 aliphatic carbocycles. The smallest absolute Gasteiger partial charge is 0.104 e. The first kappa shape index (κ1) is 22.6. The van der Waals surface area contributed by atoms with Crippen LogP contribution < -0.4 is 0 Å². The molecule has 3 aromatic carbocycles. The third-order valence-corrected chi connectivity index (χ3v) is 5.26. The molecule has 0 saturated carbocycles. The highest BCUT2D eigenvalue weighted by Crippen LogP contribution is 2.16. The Labute approximate surface area is 185 Å². The van der Waals surface area contributed by atoms with E-state index in [-0.39, 0.29) is 0 Å². The van der Waals surface area contributed by atoms with Crippen LogP contribution in [0.4, 0.5) is 4.39 Å². The van der Waals surface area contributed by atoms with Crippen LogP contribution >= 0.6 is 0 Å². The van der Waals surface area contributed by atoms with Gasteiger partial charge >= 0.3 is 0 Å². The average Bonchev–Trinajstić information content (AvgIpc) is 2.79. The van der Waals surface area contributed by atoms with Gasteiger partial charge < -0.3 is 0 Å². The SMILES string of the molecule is CCCc1ccccc1C=NN=C(c1ccccc1)c1ccc(CC(F)CCC)cc1. The number of hydrogen-bond donors (Lipinski definition) is 0. The molecule has 0 aliphatic heterocycles. The molecule has 3 heteroatoms. The van der Waals surface area contributed by atoms with Gasteiger partial charge in [0, 0.05) is 17.5 Å². The molecular weight excluding hydrogens is 383 g/mol. The molecule has 1 atom stereocenters. The molecular formula is C28H31FN2. The lowest BCUT2D eigenvalue weighted by molar-refractivity contribution is 0.310. The average molecular weight is 415 g/mol. The second-order valence-electron chi connectivity index (χ2n) is 7.80. The van der Waals surface area contributed by atoms with Gasteiger partial charge in [0.1, 0.15) is 11.9 Å². The van der Waals surface area contributed by atoms with Crippen molar-refractivity contribution in [2.24, 2.45) is 10.2 Å². The van der Waals surface area contributed by atoms with Gasteiger partial charge in [0.2, 0.25) is 0 Å². The number of hydrogen-bond acceptors (Lipinski definition) is 2. The molecule has 0 spiro atoms. The number of benzene rings is 3. The Morgan fingerprint density at radius 1 is 0.839 bits per heavy atom. The van der Waals surface area contributed by atoms with Gasteiger partial charge in [-0.1, -0.05) is 106 Å². The molecule has 0 bridgehead atoms. The van der Waals surface area contributed by atoms with Crippen LogP contribution in [0.2, 0.25) is 0 Å². The van der Waals surface area contributed by atoms with Gasteiger partial charge in [-0.05, 0) is 29.5 Å².